The predicted molar refractivity (Wildman–Crippen MR) is 144 cm³/mol. The first kappa shape index (κ1) is 23.3. The first-order valence-electron chi connectivity index (χ1n) is 11.4. The maximum absolute atomic E-state index is 13.5. The molecule has 3 aromatic rings. The van der Waals surface area contributed by atoms with E-state index in [4.69, 9.17) is 28.8 Å². The molecule has 5 rings (SSSR count). The number of rotatable bonds is 3. The van der Waals surface area contributed by atoms with Gasteiger partial charge in [0.1, 0.15) is 0 Å². The fraction of sp³-hybridized carbons (Fsp3) is 0.231. The average Bonchev–Trinajstić information content (AvgIpc) is 3.00. The Morgan fingerprint density at radius 1 is 1.03 bits per heavy atom. The number of carbonyl (C=O) groups excluding carboxylic acids is 1. The molecular formula is C26H25ClN6OS. The fourth-order valence-corrected chi connectivity index (χ4v) is 4.86. The monoisotopic (exact) mass is 504 g/mol. The summed E-state index contributed by atoms with van der Waals surface area (Å²) in [7, 11) is 1.75. The highest BCUT2D eigenvalue weighted by Crippen LogP contribution is 2.30. The van der Waals surface area contributed by atoms with E-state index in [0.29, 0.717) is 15.8 Å². The van der Waals surface area contributed by atoms with Gasteiger partial charge in [-0.1, -0.05) is 41.9 Å². The summed E-state index contributed by atoms with van der Waals surface area (Å²) < 4.78 is 0. The van der Waals surface area contributed by atoms with Crippen LogP contribution in [0.25, 0.3) is 0 Å². The highest BCUT2D eigenvalue weighted by atomic mass is 35.5. The van der Waals surface area contributed by atoms with Crippen molar-refractivity contribution in [1.29, 1.82) is 0 Å². The van der Waals surface area contributed by atoms with Crippen LogP contribution >= 0.6 is 23.8 Å². The Morgan fingerprint density at radius 2 is 1.74 bits per heavy atom. The molecule has 2 aliphatic rings. The van der Waals surface area contributed by atoms with Crippen molar-refractivity contribution >= 4 is 51.9 Å². The normalized spacial score (nSPS) is 18.0. The van der Waals surface area contributed by atoms with Crippen LogP contribution in [-0.4, -0.2) is 66.0 Å². The number of thiocarbonyl (C=S) groups is 1. The van der Waals surface area contributed by atoms with E-state index in [9.17, 15) is 4.79 Å². The molecule has 1 unspecified atom stereocenters. The molecule has 1 atom stereocenters. The molecule has 35 heavy (non-hydrogen) atoms. The van der Waals surface area contributed by atoms with E-state index in [2.05, 4.69) is 20.1 Å². The van der Waals surface area contributed by atoms with Gasteiger partial charge in [-0.3, -0.25) is 9.78 Å². The molecule has 0 aliphatic carbocycles. The van der Waals surface area contributed by atoms with E-state index in [0.717, 1.165) is 48.7 Å². The molecular weight excluding hydrogens is 480 g/mol. The molecule has 0 spiro atoms. The van der Waals surface area contributed by atoms with E-state index < -0.39 is 6.17 Å². The minimum Gasteiger partial charge on any atom is -0.368 e. The van der Waals surface area contributed by atoms with Crippen molar-refractivity contribution in [2.75, 3.05) is 43.0 Å². The van der Waals surface area contributed by atoms with Crippen molar-refractivity contribution in [2.45, 2.75) is 6.17 Å². The lowest BCUT2D eigenvalue weighted by molar-refractivity contribution is -0.119. The third-order valence-corrected chi connectivity index (χ3v) is 6.91. The Kier molecular flexibility index (Phi) is 6.66. The zero-order valence-corrected chi connectivity index (χ0v) is 20.8. The van der Waals surface area contributed by atoms with Crippen LogP contribution in [-0.2, 0) is 4.79 Å². The largest absolute Gasteiger partial charge is 0.368 e. The number of carbonyl (C=O) groups is 1. The van der Waals surface area contributed by atoms with Gasteiger partial charge in [0.2, 0.25) is 6.17 Å². The highest BCUT2D eigenvalue weighted by Gasteiger charge is 2.32. The van der Waals surface area contributed by atoms with Gasteiger partial charge in [0.15, 0.2) is 5.11 Å². The number of anilines is 2. The molecule has 7 nitrogen and oxygen atoms in total. The Labute approximate surface area is 215 Å². The van der Waals surface area contributed by atoms with Crippen molar-refractivity contribution in [1.82, 2.24) is 15.2 Å². The molecule has 1 amide bonds. The number of fused-ring (bicyclic) bond motifs is 1. The van der Waals surface area contributed by atoms with Crippen molar-refractivity contribution in [3.8, 4) is 0 Å². The standard InChI is InChI=1S/C26H25ClN6OS/c1-31-22-8-7-19(27)17-21(22)23(18-5-3-2-4-6-18)29-24(25(31)34)30-26(35)33-15-13-32(14-16-33)20-9-11-28-12-10-20/h2-12,17,24H,13-16H2,1H3,(H,30,35). The van der Waals surface area contributed by atoms with E-state index >= 15 is 0 Å². The van der Waals surface area contributed by atoms with E-state index in [1.807, 2.05) is 54.6 Å². The van der Waals surface area contributed by atoms with Crippen LogP contribution in [0.5, 0.6) is 0 Å². The van der Waals surface area contributed by atoms with Gasteiger partial charge in [-0.15, -0.1) is 0 Å². The smallest absolute Gasteiger partial charge is 0.272 e. The fourth-order valence-electron chi connectivity index (χ4n) is 4.40. The third kappa shape index (κ3) is 4.85. The molecule has 0 radical (unpaired) electrons. The number of benzene rings is 2. The first-order chi connectivity index (χ1) is 17.0. The minimum absolute atomic E-state index is 0.183. The van der Waals surface area contributed by atoms with Gasteiger partial charge >= 0.3 is 0 Å². The van der Waals surface area contributed by atoms with Crippen LogP contribution in [0.2, 0.25) is 5.02 Å². The van der Waals surface area contributed by atoms with Crippen LogP contribution < -0.4 is 15.1 Å². The SMILES string of the molecule is CN1C(=O)C(NC(=S)N2CCN(c3ccncc3)CC2)N=C(c2ccccc2)c2cc(Cl)ccc21. The number of aromatic nitrogens is 1. The predicted octanol–water partition coefficient (Wildman–Crippen LogP) is 3.57. The Balaban J connectivity index is 1.39. The van der Waals surface area contributed by atoms with Crippen molar-refractivity contribution < 1.29 is 4.79 Å². The van der Waals surface area contributed by atoms with Crippen molar-refractivity contribution in [3.05, 3.63) is 89.2 Å². The number of nitrogens with zero attached hydrogens (tertiary/aromatic N) is 5. The van der Waals surface area contributed by atoms with Gasteiger partial charge < -0.3 is 20.0 Å². The molecule has 0 saturated carbocycles. The van der Waals surface area contributed by atoms with Crippen LogP contribution in [0, 0.1) is 0 Å². The first-order valence-corrected chi connectivity index (χ1v) is 12.2. The number of aliphatic imine (C=N–C) groups is 1. The van der Waals surface area contributed by atoms with Gasteiger partial charge in [0.25, 0.3) is 5.91 Å². The second-order valence-electron chi connectivity index (χ2n) is 8.43. The second kappa shape index (κ2) is 10.0. The summed E-state index contributed by atoms with van der Waals surface area (Å²) in [6.07, 6.45) is 2.75. The number of pyridine rings is 1. The van der Waals surface area contributed by atoms with Gasteiger partial charge in [-0.2, -0.15) is 0 Å². The maximum Gasteiger partial charge on any atom is 0.272 e. The molecule has 3 heterocycles. The molecule has 178 valence electrons. The number of amides is 1. The molecule has 9 heteroatoms. The zero-order valence-electron chi connectivity index (χ0n) is 19.3. The van der Waals surface area contributed by atoms with Crippen LogP contribution in [0.1, 0.15) is 11.1 Å². The molecule has 0 bridgehead atoms. The van der Waals surface area contributed by atoms with Crippen LogP contribution in [0.15, 0.2) is 78.0 Å². The summed E-state index contributed by atoms with van der Waals surface area (Å²) in [6.45, 7) is 3.14. The maximum atomic E-state index is 13.5. The summed E-state index contributed by atoms with van der Waals surface area (Å²) >= 11 is 12.1. The molecule has 1 aromatic heterocycles. The van der Waals surface area contributed by atoms with Crippen molar-refractivity contribution in [3.63, 3.8) is 0 Å². The number of benzodiazepines with no additional fused rings is 1. The topological polar surface area (TPSA) is 64.1 Å². The van der Waals surface area contributed by atoms with Gasteiger partial charge in [-0.25, -0.2) is 4.99 Å². The van der Waals surface area contributed by atoms with E-state index in [-0.39, 0.29) is 5.91 Å². The number of nitrogens with one attached hydrogen (secondary N) is 1. The summed E-state index contributed by atoms with van der Waals surface area (Å²) in [6, 6.07) is 19.3. The number of hydrogen-bond donors (Lipinski definition) is 1. The number of likely N-dealkylation sites (N-methyl/N-ethyl adjacent to an activating group) is 1. The lowest BCUT2D eigenvalue weighted by Crippen LogP contribution is -2.55. The summed E-state index contributed by atoms with van der Waals surface area (Å²) in [5.74, 6) is -0.183. The van der Waals surface area contributed by atoms with Crippen LogP contribution in [0.4, 0.5) is 11.4 Å². The highest BCUT2D eigenvalue weighted by molar-refractivity contribution is 7.80. The quantitative estimate of drug-likeness (QED) is 0.550. The van der Waals surface area contributed by atoms with Gasteiger partial charge in [-0.05, 0) is 42.5 Å². The Bertz CT molecular complexity index is 1260. The second-order valence-corrected chi connectivity index (χ2v) is 9.26. The van der Waals surface area contributed by atoms with Crippen LogP contribution in [0.3, 0.4) is 0 Å². The number of hydrogen-bond acceptors (Lipinski definition) is 5. The Hall–Kier alpha value is -3.49. The molecule has 2 aliphatic heterocycles. The van der Waals surface area contributed by atoms with Gasteiger partial charge in [0, 0.05) is 67.5 Å². The number of halogens is 1. The van der Waals surface area contributed by atoms with Crippen molar-refractivity contribution in [2.24, 2.45) is 4.99 Å². The lowest BCUT2D eigenvalue weighted by Gasteiger charge is -2.37. The van der Waals surface area contributed by atoms with E-state index in [1.165, 1.54) is 0 Å². The summed E-state index contributed by atoms with van der Waals surface area (Å²) in [5.41, 5.74) is 4.31. The molecule has 1 fully saturated rings. The lowest BCUT2D eigenvalue weighted by atomic mass is 10.0. The summed E-state index contributed by atoms with van der Waals surface area (Å²) in [4.78, 5) is 28.4. The minimum atomic E-state index is -0.855. The Morgan fingerprint density at radius 3 is 2.46 bits per heavy atom. The molecule has 2 aromatic carbocycles. The average molecular weight is 505 g/mol. The zero-order chi connectivity index (χ0) is 24.4. The third-order valence-electron chi connectivity index (χ3n) is 6.30. The number of piperazine rings is 1. The van der Waals surface area contributed by atoms with Gasteiger partial charge in [0.05, 0.1) is 11.4 Å². The summed E-state index contributed by atoms with van der Waals surface area (Å²) in [5, 5.41) is 4.33. The molecule has 1 N–H and O–H groups in total. The molecule has 1 saturated heterocycles. The van der Waals surface area contributed by atoms with E-state index in [1.54, 1.807) is 30.4 Å².